The molecule has 0 spiro atoms. The molecule has 76 valence electrons. The minimum absolute atomic E-state index is 0.131. The van der Waals surface area contributed by atoms with Crippen LogP contribution in [0, 0.1) is 12.7 Å². The predicted octanol–water partition coefficient (Wildman–Crippen LogP) is 2.30. The summed E-state index contributed by atoms with van der Waals surface area (Å²) >= 11 is 0. The van der Waals surface area contributed by atoms with E-state index in [0.717, 1.165) is 11.8 Å². The van der Waals surface area contributed by atoms with Crippen LogP contribution in [0.3, 0.4) is 0 Å². The highest BCUT2D eigenvalue weighted by atomic mass is 19.1. The van der Waals surface area contributed by atoms with Crippen molar-refractivity contribution in [1.29, 1.82) is 0 Å². The molecule has 0 saturated carbocycles. The number of aromatic hydroxyl groups is 1. The van der Waals surface area contributed by atoms with E-state index < -0.39 is 5.82 Å². The first kappa shape index (κ1) is 9.58. The van der Waals surface area contributed by atoms with Crippen molar-refractivity contribution in [2.24, 2.45) is 0 Å². The molecule has 15 heavy (non-hydrogen) atoms. The number of hydrogen-bond donors (Lipinski definition) is 1. The Morgan fingerprint density at radius 3 is 2.60 bits per heavy atom. The Kier molecular flexibility index (Phi) is 2.33. The maximum atomic E-state index is 12.7. The number of hydrogen-bond acceptors (Lipinski definition) is 3. The lowest BCUT2D eigenvalue weighted by atomic mass is 10.1. The molecule has 2 rings (SSSR count). The van der Waals surface area contributed by atoms with Crippen LogP contribution in [0.1, 0.15) is 5.69 Å². The molecule has 3 nitrogen and oxygen atoms in total. The normalized spacial score (nSPS) is 10.3. The average Bonchev–Trinajstić information content (AvgIpc) is 2.20. The van der Waals surface area contributed by atoms with Gasteiger partial charge in [-0.15, -0.1) is 0 Å². The molecule has 0 unspecified atom stereocenters. The van der Waals surface area contributed by atoms with Crippen molar-refractivity contribution in [2.75, 3.05) is 0 Å². The summed E-state index contributed by atoms with van der Waals surface area (Å²) < 4.78 is 12.7. The van der Waals surface area contributed by atoms with Gasteiger partial charge in [-0.1, -0.05) is 0 Å². The highest BCUT2D eigenvalue weighted by Crippen LogP contribution is 2.27. The van der Waals surface area contributed by atoms with Gasteiger partial charge in [0.15, 0.2) is 0 Å². The van der Waals surface area contributed by atoms with Crippen LogP contribution in [0.2, 0.25) is 0 Å². The van der Waals surface area contributed by atoms with Crippen LogP contribution in [0.25, 0.3) is 11.3 Å². The van der Waals surface area contributed by atoms with Gasteiger partial charge in [0.25, 0.3) is 0 Å². The van der Waals surface area contributed by atoms with Gasteiger partial charge in [-0.25, -0.2) is 4.39 Å². The summed E-state index contributed by atoms with van der Waals surface area (Å²) in [6.45, 7) is 1.82. The van der Waals surface area contributed by atoms with Gasteiger partial charge in [0.05, 0.1) is 17.6 Å². The number of aryl methyl sites for hydroxylation is 1. The van der Waals surface area contributed by atoms with Crippen molar-refractivity contribution >= 4 is 0 Å². The Morgan fingerprint density at radius 1 is 1.20 bits per heavy atom. The third-order valence-corrected chi connectivity index (χ3v) is 2.02. The van der Waals surface area contributed by atoms with Crippen molar-refractivity contribution in [1.82, 2.24) is 9.97 Å². The van der Waals surface area contributed by atoms with E-state index >= 15 is 0 Å². The Labute approximate surface area is 86.3 Å². The van der Waals surface area contributed by atoms with Crippen LogP contribution >= 0.6 is 0 Å². The van der Waals surface area contributed by atoms with Crippen LogP contribution in [-0.2, 0) is 0 Å². The minimum Gasteiger partial charge on any atom is -0.507 e. The smallest absolute Gasteiger partial charge is 0.127 e. The number of aromatic nitrogens is 2. The number of rotatable bonds is 1. The van der Waals surface area contributed by atoms with Crippen molar-refractivity contribution in [2.45, 2.75) is 6.92 Å². The molecule has 0 saturated heterocycles. The lowest BCUT2D eigenvalue weighted by Gasteiger charge is -2.03. The number of phenolic OH excluding ortho intramolecular Hbond substituents is 1. The predicted molar refractivity (Wildman–Crippen MR) is 53.8 cm³/mol. The van der Waals surface area contributed by atoms with Crippen LogP contribution in [0.5, 0.6) is 5.75 Å². The second kappa shape index (κ2) is 3.65. The largest absolute Gasteiger partial charge is 0.507 e. The Morgan fingerprint density at radius 2 is 2.00 bits per heavy atom. The summed E-state index contributed by atoms with van der Waals surface area (Å²) in [6.07, 6.45) is 3.14. The zero-order valence-electron chi connectivity index (χ0n) is 8.11. The first-order valence-corrected chi connectivity index (χ1v) is 4.44. The molecule has 0 bridgehead atoms. The van der Waals surface area contributed by atoms with Gasteiger partial charge in [0.2, 0.25) is 0 Å². The maximum absolute atomic E-state index is 12.7. The molecule has 0 aliphatic heterocycles. The molecule has 1 aromatic carbocycles. The molecule has 4 heteroatoms. The summed E-state index contributed by atoms with van der Waals surface area (Å²) in [5.74, 6) is -0.607. The van der Waals surface area contributed by atoms with Gasteiger partial charge in [0.1, 0.15) is 11.6 Å². The average molecular weight is 204 g/mol. The van der Waals surface area contributed by atoms with Crippen LogP contribution in [0.15, 0.2) is 30.6 Å². The fourth-order valence-corrected chi connectivity index (χ4v) is 1.25. The summed E-state index contributed by atoms with van der Waals surface area (Å²) in [5.41, 5.74) is 1.79. The van der Waals surface area contributed by atoms with Crippen molar-refractivity contribution in [3.05, 3.63) is 42.1 Å². The number of nitrogens with zero attached hydrogens (tertiary/aromatic N) is 2. The van der Waals surface area contributed by atoms with Crippen LogP contribution in [0.4, 0.5) is 4.39 Å². The first-order chi connectivity index (χ1) is 7.16. The quantitative estimate of drug-likeness (QED) is 0.775. The molecule has 0 fully saturated rings. The van der Waals surface area contributed by atoms with Crippen molar-refractivity contribution in [3.63, 3.8) is 0 Å². The molecule has 1 heterocycles. The Bertz CT molecular complexity index is 482. The van der Waals surface area contributed by atoms with Crippen LogP contribution in [-0.4, -0.2) is 15.1 Å². The minimum atomic E-state index is -0.476. The standard InChI is InChI=1S/C11H9FN2O/c1-7-5-14-10(6-13-7)9-3-2-8(12)4-11(9)15/h2-6,15H,1H3. The lowest BCUT2D eigenvalue weighted by Crippen LogP contribution is -1.88. The van der Waals surface area contributed by atoms with Crippen molar-refractivity contribution < 1.29 is 9.50 Å². The molecule has 0 amide bonds. The third kappa shape index (κ3) is 1.93. The Balaban J connectivity index is 2.49. The zero-order chi connectivity index (χ0) is 10.8. The first-order valence-electron chi connectivity index (χ1n) is 4.44. The molecule has 0 atom stereocenters. The summed E-state index contributed by atoms with van der Waals surface area (Å²) in [6, 6.07) is 3.80. The van der Waals surface area contributed by atoms with Gasteiger partial charge in [-0.2, -0.15) is 0 Å². The zero-order valence-corrected chi connectivity index (χ0v) is 8.11. The number of phenols is 1. The van der Waals surface area contributed by atoms with E-state index in [9.17, 15) is 9.50 Å². The lowest BCUT2D eigenvalue weighted by molar-refractivity contribution is 0.471. The van der Waals surface area contributed by atoms with Crippen molar-refractivity contribution in [3.8, 4) is 17.0 Å². The highest BCUT2D eigenvalue weighted by molar-refractivity contribution is 5.65. The Hall–Kier alpha value is -1.97. The van der Waals surface area contributed by atoms with E-state index in [-0.39, 0.29) is 5.75 Å². The SMILES string of the molecule is Cc1cnc(-c2ccc(F)cc2O)cn1. The molecule has 2 aromatic rings. The van der Waals surface area contributed by atoms with E-state index in [2.05, 4.69) is 9.97 Å². The highest BCUT2D eigenvalue weighted by Gasteiger charge is 2.06. The molecule has 1 aromatic heterocycles. The second-order valence-electron chi connectivity index (χ2n) is 3.20. The fraction of sp³-hybridized carbons (Fsp3) is 0.0909. The number of halogens is 1. The molecular weight excluding hydrogens is 195 g/mol. The van der Waals surface area contributed by atoms with Gasteiger partial charge >= 0.3 is 0 Å². The summed E-state index contributed by atoms with van der Waals surface area (Å²) in [4.78, 5) is 8.15. The van der Waals surface area contributed by atoms with E-state index in [4.69, 9.17) is 0 Å². The van der Waals surface area contributed by atoms with E-state index in [1.54, 1.807) is 12.4 Å². The van der Waals surface area contributed by atoms with Gasteiger partial charge in [0, 0.05) is 17.8 Å². The second-order valence-corrected chi connectivity index (χ2v) is 3.20. The van der Waals surface area contributed by atoms with Crippen LogP contribution < -0.4 is 0 Å². The van der Waals surface area contributed by atoms with E-state index in [1.807, 2.05) is 6.92 Å². The van der Waals surface area contributed by atoms with E-state index in [1.165, 1.54) is 12.1 Å². The molecule has 1 N–H and O–H groups in total. The van der Waals surface area contributed by atoms with Gasteiger partial charge in [-0.3, -0.25) is 9.97 Å². The molecular formula is C11H9FN2O. The maximum Gasteiger partial charge on any atom is 0.127 e. The topological polar surface area (TPSA) is 46.0 Å². The molecule has 0 radical (unpaired) electrons. The third-order valence-electron chi connectivity index (χ3n) is 2.02. The molecule has 0 aliphatic carbocycles. The van der Waals surface area contributed by atoms with Gasteiger partial charge in [-0.05, 0) is 19.1 Å². The summed E-state index contributed by atoms with van der Waals surface area (Å²) in [7, 11) is 0. The van der Waals surface area contributed by atoms with Gasteiger partial charge < -0.3 is 5.11 Å². The fourth-order valence-electron chi connectivity index (χ4n) is 1.25. The van der Waals surface area contributed by atoms with E-state index in [0.29, 0.717) is 11.3 Å². The molecule has 0 aliphatic rings. The number of benzene rings is 1. The monoisotopic (exact) mass is 204 g/mol. The summed E-state index contributed by atoms with van der Waals surface area (Å²) in [5, 5.41) is 9.51.